The van der Waals surface area contributed by atoms with E-state index in [2.05, 4.69) is 32.6 Å². The van der Waals surface area contributed by atoms with Crippen LogP contribution in [-0.4, -0.2) is 79.5 Å². The van der Waals surface area contributed by atoms with E-state index in [9.17, 15) is 4.79 Å². The molecule has 1 N–H and O–H groups in total. The van der Waals surface area contributed by atoms with Gasteiger partial charge in [0.15, 0.2) is 0 Å². The second-order valence-electron chi connectivity index (χ2n) is 5.76. The van der Waals surface area contributed by atoms with Crippen molar-refractivity contribution in [3.8, 4) is 0 Å². The molecule has 3 rings (SSSR count). The fraction of sp³-hybridized carbons (Fsp3) is 0.667. The third-order valence-electron chi connectivity index (χ3n) is 4.25. The molecule has 0 atom stereocenters. The summed E-state index contributed by atoms with van der Waals surface area (Å²) in [5.74, 6) is 0.299. The summed E-state index contributed by atoms with van der Waals surface area (Å²) >= 11 is 1.81. The molecule has 2 fully saturated rings. The molecule has 0 aromatic carbocycles. The predicted molar refractivity (Wildman–Crippen MR) is 85.5 cm³/mol. The number of amides is 1. The Morgan fingerprint density at radius 3 is 2.52 bits per heavy atom. The van der Waals surface area contributed by atoms with E-state index in [4.69, 9.17) is 0 Å². The maximum Gasteiger partial charge on any atom is 0.236 e. The topological polar surface area (TPSA) is 38.8 Å². The summed E-state index contributed by atoms with van der Waals surface area (Å²) < 4.78 is 0. The van der Waals surface area contributed by atoms with Crippen LogP contribution in [-0.2, 0) is 11.3 Å². The number of nitrogens with zero attached hydrogens (tertiary/aromatic N) is 3. The Hall–Kier alpha value is -0.950. The van der Waals surface area contributed by atoms with E-state index in [1.807, 2.05) is 16.2 Å². The standard InChI is InChI=1S/C15H24N4OS/c20-15(13-17-5-3-16-4-6-17)19-9-7-18(8-10-19)12-14-2-1-11-21-14/h1-2,11,16H,3-10,12-13H2. The Balaban J connectivity index is 1.41. The van der Waals surface area contributed by atoms with Gasteiger partial charge in [0.1, 0.15) is 0 Å². The number of nitrogens with one attached hydrogen (secondary N) is 1. The van der Waals surface area contributed by atoms with Crippen molar-refractivity contribution in [1.29, 1.82) is 0 Å². The zero-order valence-corrected chi connectivity index (χ0v) is 13.3. The normalized spacial score (nSPS) is 21.6. The smallest absolute Gasteiger partial charge is 0.236 e. The SMILES string of the molecule is O=C(CN1CCNCC1)N1CCN(Cc2cccs2)CC1. The van der Waals surface area contributed by atoms with Crippen LogP contribution in [0.2, 0.25) is 0 Å². The van der Waals surface area contributed by atoms with Crippen molar-refractivity contribution in [3.05, 3.63) is 22.4 Å². The summed E-state index contributed by atoms with van der Waals surface area (Å²) in [7, 11) is 0. The van der Waals surface area contributed by atoms with Gasteiger partial charge in [0.05, 0.1) is 6.54 Å². The zero-order valence-electron chi connectivity index (χ0n) is 12.5. The molecule has 3 heterocycles. The number of hydrogen-bond acceptors (Lipinski definition) is 5. The van der Waals surface area contributed by atoms with Crippen molar-refractivity contribution in [2.45, 2.75) is 6.54 Å². The second-order valence-corrected chi connectivity index (χ2v) is 6.79. The first-order valence-electron chi connectivity index (χ1n) is 7.77. The highest BCUT2D eigenvalue weighted by Gasteiger charge is 2.23. The second kappa shape index (κ2) is 7.35. The van der Waals surface area contributed by atoms with Gasteiger partial charge in [0.25, 0.3) is 0 Å². The average Bonchev–Trinajstić information content (AvgIpc) is 3.02. The summed E-state index contributed by atoms with van der Waals surface area (Å²) in [5, 5.41) is 5.45. The number of piperazine rings is 2. The molecular weight excluding hydrogens is 284 g/mol. The van der Waals surface area contributed by atoms with E-state index in [-0.39, 0.29) is 0 Å². The maximum atomic E-state index is 12.3. The number of rotatable bonds is 4. The molecule has 21 heavy (non-hydrogen) atoms. The molecule has 0 saturated carbocycles. The third kappa shape index (κ3) is 4.26. The highest BCUT2D eigenvalue weighted by Crippen LogP contribution is 2.13. The summed E-state index contributed by atoms with van der Waals surface area (Å²) in [6, 6.07) is 4.29. The first kappa shape index (κ1) is 15.0. The van der Waals surface area contributed by atoms with Gasteiger partial charge in [-0.3, -0.25) is 14.6 Å². The lowest BCUT2D eigenvalue weighted by Crippen LogP contribution is -2.53. The quantitative estimate of drug-likeness (QED) is 0.868. The lowest BCUT2D eigenvalue weighted by atomic mass is 10.2. The van der Waals surface area contributed by atoms with Crippen LogP contribution in [0.4, 0.5) is 0 Å². The Morgan fingerprint density at radius 2 is 1.86 bits per heavy atom. The van der Waals surface area contributed by atoms with Crippen molar-refractivity contribution in [1.82, 2.24) is 20.0 Å². The molecule has 0 bridgehead atoms. The molecule has 6 heteroatoms. The first-order valence-corrected chi connectivity index (χ1v) is 8.65. The molecule has 5 nitrogen and oxygen atoms in total. The average molecular weight is 308 g/mol. The molecular formula is C15H24N4OS. The van der Waals surface area contributed by atoms with Gasteiger partial charge < -0.3 is 10.2 Å². The summed E-state index contributed by atoms with van der Waals surface area (Å²) in [6.45, 7) is 9.32. The van der Waals surface area contributed by atoms with Crippen LogP contribution >= 0.6 is 11.3 Å². The molecule has 1 amide bonds. The van der Waals surface area contributed by atoms with Crippen LogP contribution in [0.5, 0.6) is 0 Å². The van der Waals surface area contributed by atoms with Gasteiger partial charge in [-0.1, -0.05) is 6.07 Å². The van der Waals surface area contributed by atoms with Gasteiger partial charge >= 0.3 is 0 Å². The van der Waals surface area contributed by atoms with Crippen LogP contribution in [0.15, 0.2) is 17.5 Å². The molecule has 2 saturated heterocycles. The van der Waals surface area contributed by atoms with Crippen LogP contribution in [0.25, 0.3) is 0 Å². The van der Waals surface area contributed by atoms with E-state index >= 15 is 0 Å². The van der Waals surface area contributed by atoms with E-state index in [0.717, 1.165) is 58.9 Å². The van der Waals surface area contributed by atoms with Gasteiger partial charge in [0, 0.05) is 63.8 Å². The van der Waals surface area contributed by atoms with E-state index in [1.165, 1.54) is 4.88 Å². The Labute approximate surface area is 130 Å². The van der Waals surface area contributed by atoms with Crippen molar-refractivity contribution in [3.63, 3.8) is 0 Å². The number of carbonyl (C=O) groups is 1. The fourth-order valence-electron chi connectivity index (χ4n) is 2.94. The maximum absolute atomic E-state index is 12.3. The summed E-state index contributed by atoms with van der Waals surface area (Å²) in [5.41, 5.74) is 0. The minimum Gasteiger partial charge on any atom is -0.339 e. The monoisotopic (exact) mass is 308 g/mol. The first-order chi connectivity index (χ1) is 10.3. The number of carbonyl (C=O) groups excluding carboxylic acids is 1. The van der Waals surface area contributed by atoms with Crippen molar-refractivity contribution in [2.75, 3.05) is 58.9 Å². The third-order valence-corrected chi connectivity index (χ3v) is 5.11. The van der Waals surface area contributed by atoms with Gasteiger partial charge in [-0.05, 0) is 11.4 Å². The van der Waals surface area contributed by atoms with Crippen molar-refractivity contribution in [2.24, 2.45) is 0 Å². The van der Waals surface area contributed by atoms with Gasteiger partial charge in [0.2, 0.25) is 5.91 Å². The molecule has 2 aliphatic rings. The van der Waals surface area contributed by atoms with Gasteiger partial charge in [-0.2, -0.15) is 0 Å². The molecule has 1 aromatic rings. The van der Waals surface area contributed by atoms with Crippen molar-refractivity contribution < 1.29 is 4.79 Å². The number of hydrogen-bond donors (Lipinski definition) is 1. The molecule has 0 radical (unpaired) electrons. The van der Waals surface area contributed by atoms with Crippen molar-refractivity contribution >= 4 is 17.2 Å². The molecule has 2 aliphatic heterocycles. The van der Waals surface area contributed by atoms with Gasteiger partial charge in [-0.25, -0.2) is 0 Å². The van der Waals surface area contributed by atoms with Crippen LogP contribution < -0.4 is 5.32 Å². The van der Waals surface area contributed by atoms with E-state index < -0.39 is 0 Å². The molecule has 0 aliphatic carbocycles. The summed E-state index contributed by atoms with van der Waals surface area (Å²) in [4.78, 5) is 20.5. The molecule has 0 spiro atoms. The predicted octanol–water partition coefficient (Wildman–Crippen LogP) is 0.298. The minimum atomic E-state index is 0.299. The minimum absolute atomic E-state index is 0.299. The van der Waals surface area contributed by atoms with E-state index in [0.29, 0.717) is 12.5 Å². The largest absolute Gasteiger partial charge is 0.339 e. The van der Waals surface area contributed by atoms with Gasteiger partial charge in [-0.15, -0.1) is 11.3 Å². The van der Waals surface area contributed by atoms with Crippen LogP contribution in [0.3, 0.4) is 0 Å². The Kier molecular flexibility index (Phi) is 5.24. The molecule has 116 valence electrons. The lowest BCUT2D eigenvalue weighted by molar-refractivity contribution is -0.134. The van der Waals surface area contributed by atoms with Crippen LogP contribution in [0.1, 0.15) is 4.88 Å². The number of thiophene rings is 1. The highest BCUT2D eigenvalue weighted by atomic mass is 32.1. The molecule has 1 aromatic heterocycles. The lowest BCUT2D eigenvalue weighted by Gasteiger charge is -2.36. The molecule has 0 unspecified atom stereocenters. The zero-order chi connectivity index (χ0) is 14.5. The van der Waals surface area contributed by atoms with E-state index in [1.54, 1.807) is 0 Å². The highest BCUT2D eigenvalue weighted by molar-refractivity contribution is 7.09. The fourth-order valence-corrected chi connectivity index (χ4v) is 3.69. The van der Waals surface area contributed by atoms with Crippen LogP contribution in [0, 0.1) is 0 Å². The Bertz CT molecular complexity index is 437. The Morgan fingerprint density at radius 1 is 1.10 bits per heavy atom. The summed E-state index contributed by atoms with van der Waals surface area (Å²) in [6.07, 6.45) is 0.